The first-order valence-corrected chi connectivity index (χ1v) is 13.2. The van der Waals surface area contributed by atoms with Crippen molar-refractivity contribution in [3.05, 3.63) is 71.5 Å². The highest BCUT2D eigenvalue weighted by Crippen LogP contribution is 2.36. The van der Waals surface area contributed by atoms with Gasteiger partial charge in [-0.05, 0) is 67.3 Å². The Balaban J connectivity index is 1.28. The average Bonchev–Trinajstić information content (AvgIpc) is 3.17. The van der Waals surface area contributed by atoms with Gasteiger partial charge in [-0.25, -0.2) is 0 Å². The first kappa shape index (κ1) is 24.6. The topological polar surface area (TPSA) is 74.0 Å². The maximum absolute atomic E-state index is 13.3. The molecule has 1 atom stereocenters. The van der Waals surface area contributed by atoms with E-state index < -0.39 is 5.60 Å². The van der Waals surface area contributed by atoms with Crippen LogP contribution in [0.5, 0.6) is 0 Å². The van der Waals surface area contributed by atoms with Crippen molar-refractivity contribution < 1.29 is 19.1 Å². The Morgan fingerprint density at radius 2 is 1.69 bits per heavy atom. The Kier molecular flexibility index (Phi) is 6.89. The summed E-state index contributed by atoms with van der Waals surface area (Å²) in [4.78, 5) is 29.4. The molecule has 6 nitrogen and oxygen atoms in total. The highest BCUT2D eigenvalue weighted by atomic mass is 16.3. The molecule has 0 bridgehead atoms. The van der Waals surface area contributed by atoms with Crippen molar-refractivity contribution >= 4 is 22.8 Å². The molecule has 3 aromatic rings. The highest BCUT2D eigenvalue weighted by molar-refractivity contribution is 5.96. The summed E-state index contributed by atoms with van der Waals surface area (Å²) in [5.41, 5.74) is 1.82. The summed E-state index contributed by atoms with van der Waals surface area (Å²) in [5.74, 6) is 0.854. The zero-order valence-corrected chi connectivity index (χ0v) is 21.3. The molecule has 0 unspecified atom stereocenters. The van der Waals surface area contributed by atoms with E-state index in [2.05, 4.69) is 24.3 Å². The molecular formula is C30H36N2O4. The number of furan rings is 1. The summed E-state index contributed by atoms with van der Waals surface area (Å²) in [7, 11) is 0. The van der Waals surface area contributed by atoms with E-state index in [1.54, 1.807) is 0 Å². The van der Waals surface area contributed by atoms with Crippen molar-refractivity contribution in [1.82, 2.24) is 9.80 Å². The normalized spacial score (nSPS) is 20.5. The number of likely N-dealkylation sites (tertiary alicyclic amines) is 2. The monoisotopic (exact) mass is 488 g/mol. The van der Waals surface area contributed by atoms with Crippen LogP contribution in [0.3, 0.4) is 0 Å². The fraction of sp³-hybridized carbons (Fsp3) is 0.467. The lowest BCUT2D eigenvalue weighted by Gasteiger charge is -2.39. The molecule has 2 aliphatic rings. The minimum atomic E-state index is -0.985. The lowest BCUT2D eigenvalue weighted by Crippen LogP contribution is -2.46. The summed E-state index contributed by atoms with van der Waals surface area (Å²) in [6.45, 7) is 6.34. The second kappa shape index (κ2) is 10.1. The van der Waals surface area contributed by atoms with Crippen LogP contribution in [-0.2, 0) is 10.4 Å². The third kappa shape index (κ3) is 4.92. The number of hydrogen-bond acceptors (Lipinski definition) is 4. The van der Waals surface area contributed by atoms with Gasteiger partial charge in [0, 0.05) is 37.5 Å². The second-order valence-electron chi connectivity index (χ2n) is 10.7. The van der Waals surface area contributed by atoms with Crippen LogP contribution in [0.25, 0.3) is 11.0 Å². The minimum Gasteiger partial charge on any atom is -0.451 e. The van der Waals surface area contributed by atoms with E-state index in [9.17, 15) is 14.7 Å². The summed E-state index contributed by atoms with van der Waals surface area (Å²) >= 11 is 0. The Labute approximate surface area is 212 Å². The number of fused-ring (bicyclic) bond motifs is 1. The molecule has 5 rings (SSSR count). The summed E-state index contributed by atoms with van der Waals surface area (Å²) in [6.07, 6.45) is 3.99. The van der Waals surface area contributed by atoms with Gasteiger partial charge in [0.1, 0.15) is 5.58 Å². The first-order chi connectivity index (χ1) is 17.3. The number of rotatable bonds is 4. The maximum Gasteiger partial charge on any atom is 0.289 e. The number of piperidine rings is 1. The molecule has 0 saturated carbocycles. The molecule has 6 heteroatoms. The van der Waals surface area contributed by atoms with Gasteiger partial charge in [0.05, 0.1) is 5.60 Å². The van der Waals surface area contributed by atoms with Gasteiger partial charge in [0.15, 0.2) is 5.76 Å². The zero-order valence-electron chi connectivity index (χ0n) is 21.3. The first-order valence-electron chi connectivity index (χ1n) is 13.2. The fourth-order valence-electron chi connectivity index (χ4n) is 5.70. The summed E-state index contributed by atoms with van der Waals surface area (Å²) in [6, 6.07) is 18.0. The molecule has 0 aliphatic carbocycles. The number of carbonyl (C=O) groups excluding carboxylic acids is 2. The molecule has 3 heterocycles. The smallest absolute Gasteiger partial charge is 0.289 e. The SMILES string of the molecule is CC(C)C(=O)N1CCC(O)(c2ccc3oc(C(=O)N4CCC[C@H](c5ccccc5)CC4)cc3c2)CC1. The largest absolute Gasteiger partial charge is 0.451 e. The van der Waals surface area contributed by atoms with Crippen molar-refractivity contribution in [2.24, 2.45) is 5.92 Å². The van der Waals surface area contributed by atoms with E-state index in [1.807, 2.05) is 54.0 Å². The van der Waals surface area contributed by atoms with Crippen LogP contribution in [0.15, 0.2) is 59.0 Å². The number of hydrogen-bond donors (Lipinski definition) is 1. The van der Waals surface area contributed by atoms with Crippen LogP contribution in [0, 0.1) is 5.92 Å². The van der Waals surface area contributed by atoms with Crippen molar-refractivity contribution in [3.8, 4) is 0 Å². The van der Waals surface area contributed by atoms with E-state index >= 15 is 0 Å². The van der Waals surface area contributed by atoms with Crippen molar-refractivity contribution in [2.45, 2.75) is 57.5 Å². The molecule has 190 valence electrons. The van der Waals surface area contributed by atoms with Crippen LogP contribution < -0.4 is 0 Å². The van der Waals surface area contributed by atoms with Gasteiger partial charge in [0.25, 0.3) is 5.91 Å². The molecule has 2 aromatic carbocycles. The summed E-state index contributed by atoms with van der Waals surface area (Å²) in [5, 5.41) is 12.2. The molecule has 0 spiro atoms. The van der Waals surface area contributed by atoms with Crippen molar-refractivity contribution in [3.63, 3.8) is 0 Å². The quantitative estimate of drug-likeness (QED) is 0.540. The standard InChI is InChI=1S/C30H36N2O4/c1-21(2)28(33)32-17-13-30(35,14-18-32)25-10-11-26-24(19-25)20-27(36-26)29(34)31-15-6-9-23(12-16-31)22-7-4-3-5-8-22/h3-5,7-8,10-11,19-21,23,35H,6,9,12-18H2,1-2H3/t23-/m0/s1. The lowest BCUT2D eigenvalue weighted by atomic mass is 9.84. The van der Waals surface area contributed by atoms with Crippen molar-refractivity contribution in [2.75, 3.05) is 26.2 Å². The van der Waals surface area contributed by atoms with Crippen LogP contribution in [0.2, 0.25) is 0 Å². The molecule has 36 heavy (non-hydrogen) atoms. The Bertz CT molecular complexity index is 1220. The molecule has 2 amide bonds. The second-order valence-corrected chi connectivity index (χ2v) is 10.7. The Morgan fingerprint density at radius 1 is 0.944 bits per heavy atom. The zero-order chi connectivity index (χ0) is 25.3. The Hall–Kier alpha value is -3.12. The van der Waals surface area contributed by atoms with Gasteiger partial charge in [0.2, 0.25) is 5.91 Å². The van der Waals surface area contributed by atoms with E-state index in [0.717, 1.165) is 36.8 Å². The van der Waals surface area contributed by atoms with Gasteiger partial charge < -0.3 is 19.3 Å². The maximum atomic E-state index is 13.3. The molecule has 2 fully saturated rings. The third-order valence-electron chi connectivity index (χ3n) is 7.95. The molecule has 2 saturated heterocycles. The van der Waals surface area contributed by atoms with Gasteiger partial charge >= 0.3 is 0 Å². The minimum absolute atomic E-state index is 0.0390. The number of benzene rings is 2. The van der Waals surface area contributed by atoms with Gasteiger partial charge in [-0.3, -0.25) is 9.59 Å². The highest BCUT2D eigenvalue weighted by Gasteiger charge is 2.36. The number of aliphatic hydroxyl groups is 1. The van der Waals surface area contributed by atoms with Crippen LogP contribution in [0.1, 0.15) is 73.6 Å². The van der Waals surface area contributed by atoms with Gasteiger partial charge in [-0.1, -0.05) is 50.2 Å². The summed E-state index contributed by atoms with van der Waals surface area (Å²) < 4.78 is 5.96. The van der Waals surface area contributed by atoms with Crippen LogP contribution in [0.4, 0.5) is 0 Å². The molecular weight excluding hydrogens is 452 g/mol. The van der Waals surface area contributed by atoms with Gasteiger partial charge in [-0.2, -0.15) is 0 Å². The van der Waals surface area contributed by atoms with Crippen LogP contribution >= 0.6 is 0 Å². The molecule has 1 N–H and O–H groups in total. The number of amides is 2. The molecule has 2 aliphatic heterocycles. The van der Waals surface area contributed by atoms with E-state index in [0.29, 0.717) is 49.7 Å². The van der Waals surface area contributed by atoms with E-state index in [-0.39, 0.29) is 17.7 Å². The third-order valence-corrected chi connectivity index (χ3v) is 7.95. The number of carbonyl (C=O) groups is 2. The van der Waals surface area contributed by atoms with Gasteiger partial charge in [-0.15, -0.1) is 0 Å². The molecule has 0 radical (unpaired) electrons. The predicted octanol–water partition coefficient (Wildman–Crippen LogP) is 5.31. The van der Waals surface area contributed by atoms with Crippen LogP contribution in [-0.4, -0.2) is 52.9 Å². The number of nitrogens with zero attached hydrogens (tertiary/aromatic N) is 2. The van der Waals surface area contributed by atoms with E-state index in [1.165, 1.54) is 5.56 Å². The lowest BCUT2D eigenvalue weighted by molar-refractivity contribution is -0.139. The predicted molar refractivity (Wildman–Crippen MR) is 140 cm³/mol. The molecule has 1 aromatic heterocycles. The fourth-order valence-corrected chi connectivity index (χ4v) is 5.70. The van der Waals surface area contributed by atoms with E-state index in [4.69, 9.17) is 4.42 Å². The van der Waals surface area contributed by atoms with Crippen molar-refractivity contribution in [1.29, 1.82) is 0 Å². The average molecular weight is 489 g/mol. The Morgan fingerprint density at radius 3 is 2.42 bits per heavy atom.